The van der Waals surface area contributed by atoms with E-state index in [1.165, 1.54) is 4.88 Å². The van der Waals surface area contributed by atoms with Crippen molar-refractivity contribution in [2.75, 3.05) is 19.7 Å². The second kappa shape index (κ2) is 9.64. The lowest BCUT2D eigenvalue weighted by atomic mass is 10.1. The van der Waals surface area contributed by atoms with Crippen molar-refractivity contribution >= 4 is 23.3 Å². The Kier molecular flexibility index (Phi) is 6.97. The third-order valence-electron chi connectivity index (χ3n) is 4.65. The van der Waals surface area contributed by atoms with Gasteiger partial charge in [0.1, 0.15) is 0 Å². The number of rotatable bonds is 8. The summed E-state index contributed by atoms with van der Waals surface area (Å²) in [6.07, 6.45) is 7.74. The maximum atomic E-state index is 12.8. The van der Waals surface area contributed by atoms with Crippen molar-refractivity contribution in [1.82, 2.24) is 9.88 Å². The highest BCUT2D eigenvalue weighted by molar-refractivity contribution is 7.09. The van der Waals surface area contributed by atoms with Gasteiger partial charge in [-0.1, -0.05) is 42.5 Å². The first kappa shape index (κ1) is 18.8. The molecule has 2 heterocycles. The summed E-state index contributed by atoms with van der Waals surface area (Å²) in [6.45, 7) is 4.12. The van der Waals surface area contributed by atoms with E-state index in [0.29, 0.717) is 19.5 Å². The van der Waals surface area contributed by atoms with E-state index in [0.717, 1.165) is 37.1 Å². The number of ether oxygens (including phenoxy) is 1. The molecule has 0 saturated carbocycles. The smallest absolute Gasteiger partial charge is 0.223 e. The lowest BCUT2D eigenvalue weighted by molar-refractivity contribution is -0.132. The fourth-order valence-corrected chi connectivity index (χ4v) is 3.92. The van der Waals surface area contributed by atoms with Gasteiger partial charge in [-0.3, -0.25) is 4.79 Å². The number of thiazole rings is 1. The van der Waals surface area contributed by atoms with Crippen LogP contribution in [0.15, 0.2) is 41.9 Å². The third-order valence-corrected chi connectivity index (χ3v) is 5.64. The summed E-state index contributed by atoms with van der Waals surface area (Å²) in [5, 5.41) is 0. The lowest BCUT2D eigenvalue weighted by Crippen LogP contribution is -2.37. The van der Waals surface area contributed by atoms with E-state index in [1.54, 1.807) is 11.3 Å². The molecule has 0 unspecified atom stereocenters. The van der Waals surface area contributed by atoms with Gasteiger partial charge in [0, 0.05) is 31.0 Å². The molecule has 138 valence electrons. The SMILES string of the molecule is Cc1ncsc1CCC(=O)N(C/C=C/c1ccccc1)C[C@@H]1CCCO1. The van der Waals surface area contributed by atoms with Gasteiger partial charge in [0.05, 0.1) is 17.3 Å². The Bertz CT molecular complexity index is 721. The molecule has 4 nitrogen and oxygen atoms in total. The molecule has 0 radical (unpaired) electrons. The molecule has 0 bridgehead atoms. The second-order valence-electron chi connectivity index (χ2n) is 6.61. The van der Waals surface area contributed by atoms with Gasteiger partial charge in [0.2, 0.25) is 5.91 Å². The minimum atomic E-state index is 0.175. The molecular weight excluding hydrogens is 344 g/mol. The van der Waals surface area contributed by atoms with Crippen molar-refractivity contribution in [2.24, 2.45) is 0 Å². The number of nitrogens with zero attached hydrogens (tertiary/aromatic N) is 2. The number of amides is 1. The number of hydrogen-bond donors (Lipinski definition) is 0. The van der Waals surface area contributed by atoms with Gasteiger partial charge in [0.25, 0.3) is 0 Å². The normalized spacial score (nSPS) is 17.0. The second-order valence-corrected chi connectivity index (χ2v) is 7.55. The Balaban J connectivity index is 1.58. The minimum Gasteiger partial charge on any atom is -0.376 e. The fraction of sp³-hybridized carbons (Fsp3) is 0.429. The average molecular weight is 371 g/mol. The fourth-order valence-electron chi connectivity index (χ4n) is 3.14. The highest BCUT2D eigenvalue weighted by Gasteiger charge is 2.22. The van der Waals surface area contributed by atoms with Crippen LogP contribution in [0.4, 0.5) is 0 Å². The van der Waals surface area contributed by atoms with Crippen LogP contribution in [0.1, 0.15) is 35.4 Å². The molecule has 1 atom stereocenters. The van der Waals surface area contributed by atoms with Crippen molar-refractivity contribution in [3.8, 4) is 0 Å². The molecular formula is C21H26N2O2S. The van der Waals surface area contributed by atoms with E-state index < -0.39 is 0 Å². The maximum absolute atomic E-state index is 12.8. The molecule has 1 aliphatic heterocycles. The molecule has 0 aliphatic carbocycles. The number of carbonyl (C=O) groups is 1. The summed E-state index contributed by atoms with van der Waals surface area (Å²) < 4.78 is 5.74. The van der Waals surface area contributed by atoms with Crippen molar-refractivity contribution in [1.29, 1.82) is 0 Å². The molecule has 0 N–H and O–H groups in total. The predicted octanol–water partition coefficient (Wildman–Crippen LogP) is 4.11. The lowest BCUT2D eigenvalue weighted by Gasteiger charge is -2.24. The zero-order chi connectivity index (χ0) is 18.2. The van der Waals surface area contributed by atoms with Gasteiger partial charge >= 0.3 is 0 Å². The van der Waals surface area contributed by atoms with Gasteiger partial charge in [-0.25, -0.2) is 4.98 Å². The van der Waals surface area contributed by atoms with Gasteiger partial charge in [-0.15, -0.1) is 11.3 Å². The Labute approximate surface area is 159 Å². The van der Waals surface area contributed by atoms with E-state index in [2.05, 4.69) is 29.3 Å². The number of hydrogen-bond acceptors (Lipinski definition) is 4. The van der Waals surface area contributed by atoms with E-state index in [-0.39, 0.29) is 12.0 Å². The van der Waals surface area contributed by atoms with Crippen LogP contribution in [0.3, 0.4) is 0 Å². The molecule has 1 fully saturated rings. The summed E-state index contributed by atoms with van der Waals surface area (Å²) in [7, 11) is 0. The molecule has 1 aliphatic rings. The van der Waals surface area contributed by atoms with Crippen LogP contribution in [-0.2, 0) is 16.0 Å². The molecule has 2 aromatic rings. The van der Waals surface area contributed by atoms with Gasteiger partial charge < -0.3 is 9.64 Å². The van der Waals surface area contributed by atoms with E-state index in [9.17, 15) is 4.79 Å². The molecule has 5 heteroatoms. The van der Waals surface area contributed by atoms with E-state index >= 15 is 0 Å². The van der Waals surface area contributed by atoms with E-state index in [1.807, 2.05) is 35.5 Å². The monoisotopic (exact) mass is 370 g/mol. The van der Waals surface area contributed by atoms with Crippen LogP contribution in [0.2, 0.25) is 0 Å². The van der Waals surface area contributed by atoms with Crippen molar-refractivity contribution in [3.63, 3.8) is 0 Å². The van der Waals surface area contributed by atoms with Crippen LogP contribution in [-0.4, -0.2) is 41.6 Å². The zero-order valence-electron chi connectivity index (χ0n) is 15.3. The van der Waals surface area contributed by atoms with Gasteiger partial charge in [-0.2, -0.15) is 0 Å². The third kappa shape index (κ3) is 5.51. The van der Waals surface area contributed by atoms with Crippen LogP contribution < -0.4 is 0 Å². The highest BCUT2D eigenvalue weighted by atomic mass is 32.1. The summed E-state index contributed by atoms with van der Waals surface area (Å²) >= 11 is 1.63. The van der Waals surface area contributed by atoms with Crippen LogP contribution in [0.25, 0.3) is 6.08 Å². The Hall–Kier alpha value is -1.98. The molecule has 1 saturated heterocycles. The quantitative estimate of drug-likeness (QED) is 0.702. The van der Waals surface area contributed by atoms with Gasteiger partial charge in [-0.05, 0) is 31.7 Å². The number of carbonyl (C=O) groups excluding carboxylic acids is 1. The topological polar surface area (TPSA) is 42.4 Å². The van der Waals surface area contributed by atoms with Gasteiger partial charge in [0.15, 0.2) is 0 Å². The molecule has 1 amide bonds. The van der Waals surface area contributed by atoms with Crippen LogP contribution >= 0.6 is 11.3 Å². The Morgan fingerprint density at radius 2 is 2.23 bits per heavy atom. The average Bonchev–Trinajstić information content (AvgIpc) is 3.31. The standard InChI is InChI=1S/C21H26N2O2S/c1-17-20(26-16-22-17)11-12-21(24)23(15-19-10-6-14-25-19)13-5-9-18-7-3-2-4-8-18/h2-5,7-9,16,19H,6,10-15H2,1H3/b9-5+/t19-/m0/s1. The first-order chi connectivity index (χ1) is 12.7. The predicted molar refractivity (Wildman–Crippen MR) is 106 cm³/mol. The number of benzene rings is 1. The maximum Gasteiger partial charge on any atom is 0.223 e. The molecule has 3 rings (SSSR count). The summed E-state index contributed by atoms with van der Waals surface area (Å²) in [5.41, 5.74) is 4.04. The molecule has 1 aromatic heterocycles. The molecule has 0 spiro atoms. The minimum absolute atomic E-state index is 0.175. The Morgan fingerprint density at radius 1 is 1.38 bits per heavy atom. The summed E-state index contributed by atoms with van der Waals surface area (Å²) in [5.74, 6) is 0.186. The summed E-state index contributed by atoms with van der Waals surface area (Å²) in [6, 6.07) is 10.2. The van der Waals surface area contributed by atoms with Crippen molar-refractivity contribution in [3.05, 3.63) is 58.1 Å². The Morgan fingerprint density at radius 3 is 2.92 bits per heavy atom. The first-order valence-electron chi connectivity index (χ1n) is 9.22. The molecule has 26 heavy (non-hydrogen) atoms. The van der Waals surface area contributed by atoms with Crippen molar-refractivity contribution < 1.29 is 9.53 Å². The zero-order valence-corrected chi connectivity index (χ0v) is 16.1. The number of aromatic nitrogens is 1. The van der Waals surface area contributed by atoms with Crippen LogP contribution in [0, 0.1) is 6.92 Å². The van der Waals surface area contributed by atoms with E-state index in [4.69, 9.17) is 4.74 Å². The largest absolute Gasteiger partial charge is 0.376 e. The summed E-state index contributed by atoms with van der Waals surface area (Å²) in [4.78, 5) is 20.2. The van der Waals surface area contributed by atoms with Crippen molar-refractivity contribution in [2.45, 2.75) is 38.7 Å². The molecule has 1 aromatic carbocycles. The first-order valence-corrected chi connectivity index (χ1v) is 10.1. The van der Waals surface area contributed by atoms with Crippen LogP contribution in [0.5, 0.6) is 0 Å². The number of aryl methyl sites for hydroxylation is 2. The highest BCUT2D eigenvalue weighted by Crippen LogP contribution is 2.17.